The first-order valence-corrected chi connectivity index (χ1v) is 26.2. The smallest absolute Gasteiger partial charge is 0.306 e. The van der Waals surface area contributed by atoms with Crippen LogP contribution in [-0.4, -0.2) is 37.2 Å². The maximum atomic E-state index is 12.8. The van der Waals surface area contributed by atoms with Crippen molar-refractivity contribution in [2.24, 2.45) is 0 Å². The maximum Gasteiger partial charge on any atom is 0.306 e. The number of hydrogen-bond acceptors (Lipinski definition) is 6. The van der Waals surface area contributed by atoms with Crippen LogP contribution in [0.15, 0.2) is 97.2 Å². The van der Waals surface area contributed by atoms with E-state index in [0.717, 1.165) is 70.6 Å². The molecule has 1 atom stereocenters. The molecule has 0 saturated carbocycles. The Hall–Kier alpha value is -3.67. The zero-order chi connectivity index (χ0) is 46.5. The van der Waals surface area contributed by atoms with Gasteiger partial charge in [-0.15, -0.1) is 0 Å². The molecule has 0 fully saturated rings. The van der Waals surface area contributed by atoms with E-state index >= 15 is 0 Å². The number of unbranched alkanes of at least 4 members (excludes halogenated alkanes) is 19. The van der Waals surface area contributed by atoms with E-state index in [9.17, 15) is 14.4 Å². The Kier molecular flexibility index (Phi) is 49.0. The highest BCUT2D eigenvalue weighted by Crippen LogP contribution is 2.14. The first-order chi connectivity index (χ1) is 31.5. The predicted octanol–water partition coefficient (Wildman–Crippen LogP) is 17.4. The summed E-state index contributed by atoms with van der Waals surface area (Å²) < 4.78 is 16.7. The summed E-state index contributed by atoms with van der Waals surface area (Å²) in [5, 5.41) is 0. The first kappa shape index (κ1) is 60.3. The summed E-state index contributed by atoms with van der Waals surface area (Å²) in [6, 6.07) is 0. The van der Waals surface area contributed by atoms with E-state index in [0.29, 0.717) is 19.3 Å². The van der Waals surface area contributed by atoms with Crippen molar-refractivity contribution in [3.8, 4) is 0 Å². The minimum absolute atomic E-state index is 0.130. The standard InChI is InChI=1S/C58H96O6/c1-4-7-10-13-16-19-22-25-27-28-29-30-31-34-36-39-42-45-48-51-57(60)63-54-55(53-62-56(59)50-47-44-41-38-35-32-24-21-18-15-12-9-6-3)64-58(61)52-49-46-43-40-37-33-26-23-20-17-14-11-8-5-2/h7,10,16,19,25,27,29-30,32,34-36,41-42,44-45,55H,4-6,8-9,11-15,17-18,20-24,26,28,31,33,37-40,43,46-54H2,1-3H3/b10-7+,19-16+,27-25+,30-29+,35-32+,36-34+,44-41+,45-42+. The summed E-state index contributed by atoms with van der Waals surface area (Å²) in [6.07, 6.45) is 68.4. The third-order valence-electron chi connectivity index (χ3n) is 10.8. The van der Waals surface area contributed by atoms with Gasteiger partial charge in [-0.05, 0) is 77.0 Å². The van der Waals surface area contributed by atoms with E-state index in [4.69, 9.17) is 14.2 Å². The quantitative estimate of drug-likeness (QED) is 0.0262. The van der Waals surface area contributed by atoms with Crippen molar-refractivity contribution in [2.45, 2.75) is 239 Å². The van der Waals surface area contributed by atoms with Crippen molar-refractivity contribution in [1.82, 2.24) is 0 Å². The first-order valence-electron chi connectivity index (χ1n) is 26.2. The molecule has 0 heterocycles. The van der Waals surface area contributed by atoms with E-state index in [1.54, 1.807) is 0 Å². The molecule has 0 bridgehead atoms. The van der Waals surface area contributed by atoms with Crippen molar-refractivity contribution < 1.29 is 28.6 Å². The van der Waals surface area contributed by atoms with E-state index in [-0.39, 0.29) is 44.0 Å². The lowest BCUT2D eigenvalue weighted by molar-refractivity contribution is -0.166. The van der Waals surface area contributed by atoms with Crippen LogP contribution in [0.5, 0.6) is 0 Å². The van der Waals surface area contributed by atoms with E-state index in [1.807, 2.05) is 18.2 Å². The largest absolute Gasteiger partial charge is 0.462 e. The van der Waals surface area contributed by atoms with Gasteiger partial charge in [0.15, 0.2) is 6.10 Å². The lowest BCUT2D eigenvalue weighted by Crippen LogP contribution is -2.30. The lowest BCUT2D eigenvalue weighted by atomic mass is 10.0. The van der Waals surface area contributed by atoms with Crippen LogP contribution < -0.4 is 0 Å². The minimum Gasteiger partial charge on any atom is -0.462 e. The average Bonchev–Trinajstić information content (AvgIpc) is 3.29. The second-order valence-electron chi connectivity index (χ2n) is 17.1. The number of carbonyl (C=O) groups is 3. The fourth-order valence-electron chi connectivity index (χ4n) is 6.93. The number of rotatable bonds is 46. The Balaban J connectivity index is 4.55. The fourth-order valence-corrected chi connectivity index (χ4v) is 6.93. The highest BCUT2D eigenvalue weighted by Gasteiger charge is 2.19. The van der Waals surface area contributed by atoms with Gasteiger partial charge in [-0.2, -0.15) is 0 Å². The molecule has 1 unspecified atom stereocenters. The van der Waals surface area contributed by atoms with Crippen molar-refractivity contribution in [2.75, 3.05) is 13.2 Å². The highest BCUT2D eigenvalue weighted by molar-refractivity contribution is 5.71. The number of allylic oxidation sites excluding steroid dienone is 16. The Bertz CT molecular complexity index is 1300. The Morgan fingerprint density at radius 3 is 1.02 bits per heavy atom. The van der Waals surface area contributed by atoms with Crippen molar-refractivity contribution >= 4 is 17.9 Å². The Morgan fingerprint density at radius 2 is 0.641 bits per heavy atom. The summed E-state index contributed by atoms with van der Waals surface area (Å²) >= 11 is 0. The van der Waals surface area contributed by atoms with Gasteiger partial charge in [0, 0.05) is 19.3 Å². The maximum absolute atomic E-state index is 12.8. The zero-order valence-corrected chi connectivity index (χ0v) is 41.5. The molecule has 0 saturated heterocycles. The van der Waals surface area contributed by atoms with Crippen LogP contribution >= 0.6 is 0 Å². The van der Waals surface area contributed by atoms with Gasteiger partial charge in [0.05, 0.1) is 0 Å². The Labute approximate surface area is 394 Å². The molecule has 0 aromatic heterocycles. The minimum atomic E-state index is -0.828. The highest BCUT2D eigenvalue weighted by atomic mass is 16.6. The molecule has 0 amide bonds. The summed E-state index contributed by atoms with van der Waals surface area (Å²) in [5.74, 6) is -1.08. The average molecular weight is 889 g/mol. The third kappa shape index (κ3) is 49.3. The predicted molar refractivity (Wildman–Crippen MR) is 274 cm³/mol. The van der Waals surface area contributed by atoms with Crippen LogP contribution in [0, 0.1) is 0 Å². The van der Waals surface area contributed by atoms with Gasteiger partial charge in [-0.25, -0.2) is 0 Å². The molecule has 364 valence electrons. The second-order valence-corrected chi connectivity index (χ2v) is 17.1. The molecule has 0 radical (unpaired) electrons. The molecule has 0 aromatic rings. The summed E-state index contributed by atoms with van der Waals surface area (Å²) in [5.41, 5.74) is 0. The fraction of sp³-hybridized carbons (Fsp3) is 0.672. The van der Waals surface area contributed by atoms with Gasteiger partial charge >= 0.3 is 17.9 Å². The molecule has 0 rings (SSSR count). The number of esters is 3. The molecular formula is C58H96O6. The summed E-state index contributed by atoms with van der Waals surface area (Å²) in [7, 11) is 0. The summed E-state index contributed by atoms with van der Waals surface area (Å²) in [6.45, 7) is 6.39. The zero-order valence-electron chi connectivity index (χ0n) is 41.5. The van der Waals surface area contributed by atoms with Gasteiger partial charge in [-0.3, -0.25) is 14.4 Å². The second kappa shape index (κ2) is 52.0. The van der Waals surface area contributed by atoms with Crippen LogP contribution in [0.3, 0.4) is 0 Å². The summed E-state index contributed by atoms with van der Waals surface area (Å²) in [4.78, 5) is 37.9. The molecule has 6 heteroatoms. The van der Waals surface area contributed by atoms with Crippen molar-refractivity contribution in [3.63, 3.8) is 0 Å². The molecule has 0 aliphatic carbocycles. The third-order valence-corrected chi connectivity index (χ3v) is 10.8. The number of hydrogen-bond donors (Lipinski definition) is 0. The number of carbonyl (C=O) groups excluding carboxylic acids is 3. The van der Waals surface area contributed by atoms with E-state index in [2.05, 4.69) is 99.8 Å². The SMILES string of the molecule is CC/C=C/C/C=C/C/C=C/C/C=C/C/C=C/C/C=C/CCC(=O)OCC(COC(=O)CC/C=C/C/C=C/CCCCCCCC)OC(=O)CCCCCCCCCCCCCCCC. The topological polar surface area (TPSA) is 78.9 Å². The van der Waals surface area contributed by atoms with Gasteiger partial charge in [0.25, 0.3) is 0 Å². The van der Waals surface area contributed by atoms with E-state index in [1.165, 1.54) is 109 Å². The normalized spacial score (nSPS) is 12.9. The van der Waals surface area contributed by atoms with Crippen LogP contribution in [-0.2, 0) is 28.6 Å². The van der Waals surface area contributed by atoms with Gasteiger partial charge in [0.2, 0.25) is 0 Å². The van der Waals surface area contributed by atoms with Crippen LogP contribution in [0.4, 0.5) is 0 Å². The molecule has 6 nitrogen and oxygen atoms in total. The molecule has 0 N–H and O–H groups in total. The molecule has 0 spiro atoms. The Morgan fingerprint density at radius 1 is 0.328 bits per heavy atom. The van der Waals surface area contributed by atoms with Gasteiger partial charge < -0.3 is 14.2 Å². The van der Waals surface area contributed by atoms with Crippen molar-refractivity contribution in [3.05, 3.63) is 97.2 Å². The molecule has 0 aromatic carbocycles. The monoisotopic (exact) mass is 889 g/mol. The van der Waals surface area contributed by atoms with Crippen LogP contribution in [0.2, 0.25) is 0 Å². The molecule has 0 aliphatic heterocycles. The van der Waals surface area contributed by atoms with Crippen molar-refractivity contribution in [1.29, 1.82) is 0 Å². The van der Waals surface area contributed by atoms with Crippen LogP contribution in [0.1, 0.15) is 233 Å². The molecule has 0 aliphatic rings. The molecular weight excluding hydrogens is 793 g/mol. The van der Waals surface area contributed by atoms with Gasteiger partial charge in [0.1, 0.15) is 13.2 Å². The van der Waals surface area contributed by atoms with Gasteiger partial charge in [-0.1, -0.05) is 234 Å². The molecule has 64 heavy (non-hydrogen) atoms. The van der Waals surface area contributed by atoms with Crippen LogP contribution in [0.25, 0.3) is 0 Å². The van der Waals surface area contributed by atoms with E-state index < -0.39 is 6.10 Å². The lowest BCUT2D eigenvalue weighted by Gasteiger charge is -2.18. The number of ether oxygens (including phenoxy) is 3.